The molecule has 156 valence electrons. The lowest BCUT2D eigenvalue weighted by atomic mass is 10.2. The summed E-state index contributed by atoms with van der Waals surface area (Å²) in [5, 5.41) is 2.80. The maximum Gasteiger partial charge on any atom is 0.264 e. The van der Waals surface area contributed by atoms with Crippen molar-refractivity contribution < 1.29 is 22.7 Å². The molecule has 0 unspecified atom stereocenters. The monoisotopic (exact) mass is 418 g/mol. The molecule has 1 atom stereocenters. The molecule has 0 bridgehead atoms. The van der Waals surface area contributed by atoms with Crippen LogP contribution in [0.2, 0.25) is 0 Å². The first-order valence-electron chi connectivity index (χ1n) is 9.69. The molecule has 1 N–H and O–H groups in total. The van der Waals surface area contributed by atoms with Gasteiger partial charge in [0.15, 0.2) is 6.61 Å². The molecule has 0 saturated carbocycles. The number of benzene rings is 2. The molecule has 1 amide bonds. The first-order valence-corrected chi connectivity index (χ1v) is 11.1. The molecule has 1 fully saturated rings. The van der Waals surface area contributed by atoms with Crippen molar-refractivity contribution in [2.75, 3.05) is 30.6 Å². The van der Waals surface area contributed by atoms with Crippen LogP contribution in [-0.4, -0.2) is 46.7 Å². The van der Waals surface area contributed by atoms with E-state index in [1.807, 2.05) is 0 Å². The lowest BCUT2D eigenvalue weighted by Crippen LogP contribution is -2.35. The summed E-state index contributed by atoms with van der Waals surface area (Å²) >= 11 is 0. The fourth-order valence-electron chi connectivity index (χ4n) is 3.15. The zero-order chi connectivity index (χ0) is 20.7. The number of rotatable bonds is 9. The van der Waals surface area contributed by atoms with Crippen LogP contribution in [0.25, 0.3) is 0 Å². The number of nitrogens with zero attached hydrogens (tertiary/aromatic N) is 1. The van der Waals surface area contributed by atoms with Gasteiger partial charge in [0.25, 0.3) is 15.9 Å². The third-order valence-electron chi connectivity index (χ3n) is 4.66. The summed E-state index contributed by atoms with van der Waals surface area (Å²) < 4.78 is 38.0. The molecule has 29 heavy (non-hydrogen) atoms. The Labute approximate surface area is 171 Å². The second-order valence-corrected chi connectivity index (χ2v) is 8.57. The standard InChI is InChI=1S/C21H26N2O5S/c1-2-23(29(25,26)20-8-4-3-5-9-20)17-10-12-18(13-11-17)28-16-21(24)22-15-19-7-6-14-27-19/h3-5,8-13,19H,2,6-7,14-16H2,1H3,(H,22,24)/t19-/m1/s1. The van der Waals surface area contributed by atoms with Crippen molar-refractivity contribution in [3.8, 4) is 5.75 Å². The van der Waals surface area contributed by atoms with Crippen LogP contribution in [0.1, 0.15) is 19.8 Å². The van der Waals surface area contributed by atoms with E-state index in [-0.39, 0.29) is 23.5 Å². The molecular formula is C21H26N2O5S. The van der Waals surface area contributed by atoms with Crippen molar-refractivity contribution in [1.82, 2.24) is 5.32 Å². The van der Waals surface area contributed by atoms with Gasteiger partial charge in [-0.15, -0.1) is 0 Å². The van der Waals surface area contributed by atoms with Crippen LogP contribution < -0.4 is 14.4 Å². The van der Waals surface area contributed by atoms with Crippen molar-refractivity contribution in [2.45, 2.75) is 30.8 Å². The van der Waals surface area contributed by atoms with E-state index in [2.05, 4.69) is 5.32 Å². The molecule has 1 heterocycles. The van der Waals surface area contributed by atoms with E-state index in [1.165, 1.54) is 4.31 Å². The first-order chi connectivity index (χ1) is 14.0. The van der Waals surface area contributed by atoms with Gasteiger partial charge in [0, 0.05) is 19.7 Å². The number of hydrogen-bond donors (Lipinski definition) is 1. The maximum atomic E-state index is 12.9. The maximum absolute atomic E-state index is 12.9. The van der Waals surface area contributed by atoms with Crippen LogP contribution in [0.4, 0.5) is 5.69 Å². The van der Waals surface area contributed by atoms with Crippen molar-refractivity contribution in [3.63, 3.8) is 0 Å². The number of carbonyl (C=O) groups excluding carboxylic acids is 1. The second kappa shape index (κ2) is 9.76. The Balaban J connectivity index is 1.57. The number of hydrogen-bond acceptors (Lipinski definition) is 5. The average Bonchev–Trinajstić information content (AvgIpc) is 3.26. The number of amides is 1. The van der Waals surface area contributed by atoms with Crippen molar-refractivity contribution in [3.05, 3.63) is 54.6 Å². The van der Waals surface area contributed by atoms with E-state index >= 15 is 0 Å². The molecular weight excluding hydrogens is 392 g/mol. The predicted octanol–water partition coefficient (Wildman–Crippen LogP) is 2.58. The summed E-state index contributed by atoms with van der Waals surface area (Å²) in [7, 11) is -3.64. The molecule has 1 aliphatic heterocycles. The molecule has 7 nitrogen and oxygen atoms in total. The van der Waals surface area contributed by atoms with Gasteiger partial charge in [-0.2, -0.15) is 0 Å². The highest BCUT2D eigenvalue weighted by Crippen LogP contribution is 2.25. The average molecular weight is 419 g/mol. The van der Waals surface area contributed by atoms with Crippen LogP contribution in [0.3, 0.4) is 0 Å². The van der Waals surface area contributed by atoms with Gasteiger partial charge in [0.05, 0.1) is 16.7 Å². The molecule has 0 radical (unpaired) electrons. The fraction of sp³-hybridized carbons (Fsp3) is 0.381. The van der Waals surface area contributed by atoms with Gasteiger partial charge in [-0.3, -0.25) is 9.10 Å². The zero-order valence-electron chi connectivity index (χ0n) is 16.4. The van der Waals surface area contributed by atoms with Gasteiger partial charge in [0.2, 0.25) is 0 Å². The molecule has 1 aliphatic rings. The largest absolute Gasteiger partial charge is 0.484 e. The third-order valence-corrected chi connectivity index (χ3v) is 6.58. The van der Waals surface area contributed by atoms with Crippen molar-refractivity contribution in [2.24, 2.45) is 0 Å². The molecule has 2 aromatic carbocycles. The molecule has 2 aromatic rings. The quantitative estimate of drug-likeness (QED) is 0.677. The number of anilines is 1. The van der Waals surface area contributed by atoms with Crippen molar-refractivity contribution >= 4 is 21.6 Å². The predicted molar refractivity (Wildman–Crippen MR) is 111 cm³/mol. The van der Waals surface area contributed by atoms with Crippen LogP contribution in [0.5, 0.6) is 5.75 Å². The summed E-state index contributed by atoms with van der Waals surface area (Å²) in [5.74, 6) is 0.278. The van der Waals surface area contributed by atoms with E-state index in [0.29, 0.717) is 24.5 Å². The summed E-state index contributed by atoms with van der Waals surface area (Å²) in [5.41, 5.74) is 0.534. The topological polar surface area (TPSA) is 84.9 Å². The molecule has 1 saturated heterocycles. The zero-order valence-corrected chi connectivity index (χ0v) is 17.2. The van der Waals surface area contributed by atoms with Gasteiger partial charge >= 0.3 is 0 Å². The number of nitrogens with one attached hydrogen (secondary N) is 1. The lowest BCUT2D eigenvalue weighted by molar-refractivity contribution is -0.123. The van der Waals surface area contributed by atoms with E-state index in [0.717, 1.165) is 19.4 Å². The highest BCUT2D eigenvalue weighted by molar-refractivity contribution is 7.92. The van der Waals surface area contributed by atoms with E-state index in [9.17, 15) is 13.2 Å². The van der Waals surface area contributed by atoms with Crippen LogP contribution in [-0.2, 0) is 19.6 Å². The minimum Gasteiger partial charge on any atom is -0.484 e. The van der Waals surface area contributed by atoms with E-state index in [1.54, 1.807) is 61.5 Å². The van der Waals surface area contributed by atoms with Crippen LogP contribution in [0, 0.1) is 0 Å². The van der Waals surface area contributed by atoms with Gasteiger partial charge in [-0.25, -0.2) is 8.42 Å². The summed E-state index contributed by atoms with van der Waals surface area (Å²) in [6.07, 6.45) is 2.07. The molecule has 0 aromatic heterocycles. The lowest BCUT2D eigenvalue weighted by Gasteiger charge is -2.23. The Bertz CT molecular complexity index is 894. The smallest absolute Gasteiger partial charge is 0.264 e. The highest BCUT2D eigenvalue weighted by atomic mass is 32.2. The second-order valence-electron chi connectivity index (χ2n) is 6.70. The SMILES string of the molecule is CCN(c1ccc(OCC(=O)NC[C@H]2CCCO2)cc1)S(=O)(=O)c1ccccc1. The number of ether oxygens (including phenoxy) is 2. The van der Waals surface area contributed by atoms with E-state index < -0.39 is 10.0 Å². The molecule has 8 heteroatoms. The third kappa shape index (κ3) is 5.48. The summed E-state index contributed by atoms with van der Waals surface area (Å²) in [6, 6.07) is 15.0. The number of sulfonamides is 1. The Hall–Kier alpha value is -2.58. The molecule has 0 aliphatic carbocycles. The normalized spacial score (nSPS) is 16.4. The summed E-state index contributed by atoms with van der Waals surface area (Å²) in [4.78, 5) is 12.1. The van der Waals surface area contributed by atoms with Gasteiger partial charge in [0.1, 0.15) is 5.75 Å². The highest BCUT2D eigenvalue weighted by Gasteiger charge is 2.23. The Morgan fingerprint density at radius 3 is 2.52 bits per heavy atom. The first kappa shape index (κ1) is 21.1. The fourth-order valence-corrected chi connectivity index (χ4v) is 4.65. The van der Waals surface area contributed by atoms with Crippen LogP contribution in [0.15, 0.2) is 59.5 Å². The number of carbonyl (C=O) groups is 1. The molecule has 0 spiro atoms. The summed E-state index contributed by atoms with van der Waals surface area (Å²) in [6.45, 7) is 3.21. The minimum absolute atomic E-state index is 0.0878. The van der Waals surface area contributed by atoms with Crippen molar-refractivity contribution in [1.29, 1.82) is 0 Å². The van der Waals surface area contributed by atoms with Gasteiger partial charge < -0.3 is 14.8 Å². The van der Waals surface area contributed by atoms with Gasteiger partial charge in [-0.1, -0.05) is 18.2 Å². The Kier molecular flexibility index (Phi) is 7.11. The van der Waals surface area contributed by atoms with Crippen LogP contribution >= 0.6 is 0 Å². The minimum atomic E-state index is -3.64. The van der Waals surface area contributed by atoms with Gasteiger partial charge in [-0.05, 0) is 56.2 Å². The molecule has 3 rings (SSSR count). The van der Waals surface area contributed by atoms with E-state index in [4.69, 9.17) is 9.47 Å². The Morgan fingerprint density at radius 2 is 1.90 bits per heavy atom. The Morgan fingerprint density at radius 1 is 1.17 bits per heavy atom.